The molecule has 1 atom stereocenters. The van der Waals surface area contributed by atoms with E-state index in [0.29, 0.717) is 11.5 Å². The van der Waals surface area contributed by atoms with Gasteiger partial charge in [0.05, 0.1) is 16.8 Å². The van der Waals surface area contributed by atoms with Gasteiger partial charge in [0, 0.05) is 18.0 Å². The maximum Gasteiger partial charge on any atom is 0.244 e. The van der Waals surface area contributed by atoms with Gasteiger partial charge in [-0.25, -0.2) is 0 Å². The van der Waals surface area contributed by atoms with Crippen LogP contribution < -0.4 is 10.5 Å². The average molecular weight is 364 g/mol. The predicted molar refractivity (Wildman–Crippen MR) is 107 cm³/mol. The Bertz CT molecular complexity index is 858. The summed E-state index contributed by atoms with van der Waals surface area (Å²) in [6.45, 7) is 7.25. The van der Waals surface area contributed by atoms with E-state index in [2.05, 4.69) is 39.0 Å². The Morgan fingerprint density at radius 2 is 1.96 bits per heavy atom. The zero-order chi connectivity index (χ0) is 19.4. The van der Waals surface area contributed by atoms with Gasteiger partial charge in [-0.05, 0) is 12.3 Å². The fourth-order valence-corrected chi connectivity index (χ4v) is 3.81. The number of hydrogen-bond donors (Lipinski definition) is 1. The van der Waals surface area contributed by atoms with Crippen LogP contribution in [0.1, 0.15) is 57.9 Å². The summed E-state index contributed by atoms with van der Waals surface area (Å²) in [6.07, 6.45) is 4.66. The van der Waals surface area contributed by atoms with Crippen molar-refractivity contribution in [3.8, 4) is 23.2 Å². The SMILES string of the molecule is CCCCCCn1nc2c(c1-c1ccccc1)C(C(C)C)C(C#N)=C(N)O2. The third kappa shape index (κ3) is 3.71. The standard InChI is InChI=1S/C22H28N4O/c1-4-5-6-10-13-26-20(16-11-8-7-9-12-16)19-18(15(2)3)17(14-23)21(24)27-22(19)25-26/h7-9,11-12,15,18H,4-6,10,13,24H2,1-3H3. The van der Waals surface area contributed by atoms with E-state index in [0.717, 1.165) is 29.8 Å². The molecule has 0 saturated carbocycles. The Labute approximate surface area is 161 Å². The predicted octanol–water partition coefficient (Wildman–Crippen LogP) is 4.96. The van der Waals surface area contributed by atoms with Crippen LogP contribution >= 0.6 is 0 Å². The zero-order valence-electron chi connectivity index (χ0n) is 16.4. The molecule has 0 aliphatic carbocycles. The van der Waals surface area contributed by atoms with E-state index in [1.807, 2.05) is 22.9 Å². The van der Waals surface area contributed by atoms with Gasteiger partial charge in [-0.1, -0.05) is 70.4 Å². The van der Waals surface area contributed by atoms with Crippen molar-refractivity contribution < 1.29 is 4.74 Å². The lowest BCUT2D eigenvalue weighted by atomic mass is 9.80. The number of aryl methyl sites for hydroxylation is 1. The summed E-state index contributed by atoms with van der Waals surface area (Å²) in [5, 5.41) is 14.4. The second kappa shape index (κ2) is 8.30. The van der Waals surface area contributed by atoms with Crippen LogP contribution in [0, 0.1) is 17.2 Å². The fourth-order valence-electron chi connectivity index (χ4n) is 3.81. The van der Waals surface area contributed by atoms with Crippen molar-refractivity contribution in [2.24, 2.45) is 11.7 Å². The first-order valence-electron chi connectivity index (χ1n) is 9.82. The fraction of sp³-hybridized carbons (Fsp3) is 0.455. The molecule has 2 N–H and O–H groups in total. The largest absolute Gasteiger partial charge is 0.420 e. The van der Waals surface area contributed by atoms with Crippen LogP contribution in [0.2, 0.25) is 0 Å². The van der Waals surface area contributed by atoms with E-state index in [4.69, 9.17) is 15.6 Å². The van der Waals surface area contributed by atoms with Gasteiger partial charge in [0.2, 0.25) is 11.8 Å². The lowest BCUT2D eigenvalue weighted by molar-refractivity contribution is 0.355. The number of rotatable bonds is 7. The van der Waals surface area contributed by atoms with Crippen LogP contribution in [-0.2, 0) is 6.54 Å². The van der Waals surface area contributed by atoms with Crippen LogP contribution in [0.3, 0.4) is 0 Å². The van der Waals surface area contributed by atoms with Crippen molar-refractivity contribution in [3.63, 3.8) is 0 Å². The van der Waals surface area contributed by atoms with Crippen LogP contribution in [-0.4, -0.2) is 9.78 Å². The normalized spacial score (nSPS) is 16.2. The number of aromatic nitrogens is 2. The Morgan fingerprint density at radius 3 is 2.59 bits per heavy atom. The van der Waals surface area contributed by atoms with Crippen molar-refractivity contribution >= 4 is 0 Å². The highest BCUT2D eigenvalue weighted by atomic mass is 16.5. The number of nitrogens with zero attached hydrogens (tertiary/aromatic N) is 3. The molecule has 1 aliphatic heterocycles. The summed E-state index contributed by atoms with van der Waals surface area (Å²) < 4.78 is 7.83. The molecule has 0 fully saturated rings. The quantitative estimate of drug-likeness (QED) is 0.705. The lowest BCUT2D eigenvalue weighted by Gasteiger charge is -2.26. The first-order valence-corrected chi connectivity index (χ1v) is 9.82. The number of nitrogens with two attached hydrogens (primary N) is 1. The van der Waals surface area contributed by atoms with E-state index in [1.54, 1.807) is 0 Å². The Morgan fingerprint density at radius 1 is 1.22 bits per heavy atom. The highest BCUT2D eigenvalue weighted by molar-refractivity contribution is 5.69. The molecule has 1 aromatic carbocycles. The van der Waals surface area contributed by atoms with E-state index in [9.17, 15) is 5.26 Å². The number of ether oxygens (including phenoxy) is 1. The molecule has 0 saturated heterocycles. The number of allylic oxidation sites excluding steroid dienone is 1. The number of hydrogen-bond acceptors (Lipinski definition) is 4. The molecule has 0 bridgehead atoms. The van der Waals surface area contributed by atoms with Crippen molar-refractivity contribution in [1.82, 2.24) is 9.78 Å². The van der Waals surface area contributed by atoms with Crippen LogP contribution in [0.4, 0.5) is 0 Å². The van der Waals surface area contributed by atoms with E-state index in [1.165, 1.54) is 19.3 Å². The molecule has 1 aliphatic rings. The molecule has 2 aromatic rings. The summed E-state index contributed by atoms with van der Waals surface area (Å²) in [7, 11) is 0. The minimum absolute atomic E-state index is 0.113. The van der Waals surface area contributed by atoms with Crippen molar-refractivity contribution in [1.29, 1.82) is 5.26 Å². The Hall–Kier alpha value is -2.74. The topological polar surface area (TPSA) is 76.9 Å². The zero-order valence-corrected chi connectivity index (χ0v) is 16.4. The Balaban J connectivity index is 2.11. The number of benzene rings is 1. The first kappa shape index (κ1) is 19.0. The third-order valence-corrected chi connectivity index (χ3v) is 5.11. The maximum atomic E-state index is 9.68. The van der Waals surface area contributed by atoms with Crippen LogP contribution in [0.25, 0.3) is 11.3 Å². The molecule has 0 spiro atoms. The number of fused-ring (bicyclic) bond motifs is 1. The minimum atomic E-state index is -0.113. The van der Waals surface area contributed by atoms with Crippen molar-refractivity contribution in [2.75, 3.05) is 0 Å². The smallest absolute Gasteiger partial charge is 0.244 e. The van der Waals surface area contributed by atoms with Crippen LogP contribution in [0.15, 0.2) is 41.8 Å². The molecule has 5 heteroatoms. The molecule has 1 aromatic heterocycles. The highest BCUT2D eigenvalue weighted by Crippen LogP contribution is 2.46. The van der Waals surface area contributed by atoms with Crippen LogP contribution in [0.5, 0.6) is 5.88 Å². The second-order valence-electron chi connectivity index (χ2n) is 7.43. The first-order chi connectivity index (χ1) is 13.1. The molecule has 2 heterocycles. The lowest BCUT2D eigenvalue weighted by Crippen LogP contribution is -2.23. The molecule has 1 unspecified atom stereocenters. The van der Waals surface area contributed by atoms with Gasteiger partial charge in [-0.15, -0.1) is 5.10 Å². The molecule has 0 radical (unpaired) electrons. The molecular formula is C22H28N4O. The van der Waals surface area contributed by atoms with E-state index in [-0.39, 0.29) is 17.7 Å². The molecule has 142 valence electrons. The van der Waals surface area contributed by atoms with Gasteiger partial charge in [0.15, 0.2) is 0 Å². The van der Waals surface area contributed by atoms with Gasteiger partial charge in [0.25, 0.3) is 0 Å². The van der Waals surface area contributed by atoms with Gasteiger partial charge in [0.1, 0.15) is 6.07 Å². The second-order valence-corrected chi connectivity index (χ2v) is 7.43. The highest BCUT2D eigenvalue weighted by Gasteiger charge is 2.37. The summed E-state index contributed by atoms with van der Waals surface area (Å²) in [5.74, 6) is 0.817. The minimum Gasteiger partial charge on any atom is -0.420 e. The summed E-state index contributed by atoms with van der Waals surface area (Å²) >= 11 is 0. The van der Waals surface area contributed by atoms with E-state index < -0.39 is 0 Å². The number of nitriles is 1. The van der Waals surface area contributed by atoms with Gasteiger partial charge >= 0.3 is 0 Å². The van der Waals surface area contributed by atoms with Crippen molar-refractivity contribution in [2.45, 2.75) is 58.9 Å². The molecule has 3 rings (SSSR count). The maximum absolute atomic E-state index is 9.68. The molecule has 27 heavy (non-hydrogen) atoms. The van der Waals surface area contributed by atoms with Gasteiger partial charge in [-0.2, -0.15) is 5.26 Å². The monoisotopic (exact) mass is 364 g/mol. The Kier molecular flexibility index (Phi) is 5.85. The van der Waals surface area contributed by atoms with Gasteiger partial charge < -0.3 is 10.5 Å². The molecule has 5 nitrogen and oxygen atoms in total. The summed E-state index contributed by atoms with van der Waals surface area (Å²) in [4.78, 5) is 0. The third-order valence-electron chi connectivity index (χ3n) is 5.11. The van der Waals surface area contributed by atoms with Crippen molar-refractivity contribution in [3.05, 3.63) is 47.4 Å². The molecule has 0 amide bonds. The van der Waals surface area contributed by atoms with Gasteiger partial charge in [-0.3, -0.25) is 4.68 Å². The average Bonchev–Trinajstić information content (AvgIpc) is 3.02. The van der Waals surface area contributed by atoms with E-state index >= 15 is 0 Å². The molecular weight excluding hydrogens is 336 g/mol. The summed E-state index contributed by atoms with van der Waals surface area (Å²) in [6, 6.07) is 12.5. The number of unbranched alkanes of at least 4 members (excludes halogenated alkanes) is 3. The summed E-state index contributed by atoms with van der Waals surface area (Å²) in [5.41, 5.74) is 9.67.